The van der Waals surface area contributed by atoms with E-state index in [1.807, 2.05) is 0 Å². The molecule has 1 aliphatic rings. The number of imidazole rings is 2. The largest absolute Gasteiger partial charge is 0.481 e. The molecule has 5 atom stereocenters. The van der Waals surface area contributed by atoms with Gasteiger partial charge in [-0.1, -0.05) is 0 Å². The Morgan fingerprint density at radius 2 is 1.93 bits per heavy atom. The Balaban J connectivity index is 1.52. The summed E-state index contributed by atoms with van der Waals surface area (Å²) in [6.07, 6.45) is 0.639. The van der Waals surface area contributed by atoms with Crippen LogP contribution in [0.25, 0.3) is 16.9 Å². The van der Waals surface area contributed by atoms with Crippen LogP contribution in [-0.2, 0) is 22.7 Å². The fraction of sp³-hybridized carbons (Fsp3) is 0.417. The molecular formula is C12H15N5O10P2. The Bertz CT molecular complexity index is 1140. The molecule has 1 aliphatic heterocycles. The van der Waals surface area contributed by atoms with Crippen molar-refractivity contribution in [1.82, 2.24) is 23.9 Å². The number of hydrogen-bond donors (Lipinski definition) is 5. The van der Waals surface area contributed by atoms with Crippen molar-refractivity contribution in [1.29, 1.82) is 0 Å². The molecule has 0 aliphatic carbocycles. The maximum atomic E-state index is 11.5. The Morgan fingerprint density at radius 1 is 1.17 bits per heavy atom. The number of ether oxygens (including phenoxy) is 1. The summed E-state index contributed by atoms with van der Waals surface area (Å²) in [5.74, 6) is 0.424. The molecule has 29 heavy (non-hydrogen) atoms. The van der Waals surface area contributed by atoms with E-state index in [9.17, 15) is 24.2 Å². The van der Waals surface area contributed by atoms with E-state index < -0.39 is 46.8 Å². The minimum Gasteiger partial charge on any atom is -0.387 e. The molecule has 4 heterocycles. The third-order valence-corrected chi connectivity index (χ3v) is 6.29. The van der Waals surface area contributed by atoms with E-state index in [4.69, 9.17) is 14.5 Å². The topological polar surface area (TPSA) is 211 Å². The molecule has 0 amide bonds. The number of fused-ring (bicyclic) bond motifs is 3. The molecule has 5 unspecified atom stereocenters. The van der Waals surface area contributed by atoms with Crippen LogP contribution in [0.15, 0.2) is 24.9 Å². The molecule has 4 rings (SSSR count). The number of hydrogen-bond acceptors (Lipinski definition) is 10. The first-order chi connectivity index (χ1) is 13.5. The van der Waals surface area contributed by atoms with Crippen molar-refractivity contribution in [2.75, 3.05) is 6.61 Å². The van der Waals surface area contributed by atoms with Crippen molar-refractivity contribution in [3.63, 3.8) is 0 Å². The van der Waals surface area contributed by atoms with Crippen LogP contribution in [0.2, 0.25) is 0 Å². The van der Waals surface area contributed by atoms with Gasteiger partial charge in [-0.2, -0.15) is 9.29 Å². The average molecular weight is 451 g/mol. The van der Waals surface area contributed by atoms with Crippen LogP contribution in [0.5, 0.6) is 0 Å². The lowest BCUT2D eigenvalue weighted by Gasteiger charge is -2.18. The van der Waals surface area contributed by atoms with E-state index in [1.165, 1.54) is 10.9 Å². The molecule has 158 valence electrons. The number of aliphatic hydroxyl groups is 2. The van der Waals surface area contributed by atoms with Gasteiger partial charge < -0.3 is 34.2 Å². The van der Waals surface area contributed by atoms with Crippen LogP contribution in [-0.4, -0.2) is 73.7 Å². The summed E-state index contributed by atoms with van der Waals surface area (Å²) in [6, 6.07) is 0. The average Bonchev–Trinajstić information content (AvgIpc) is 3.26. The molecule has 0 bridgehead atoms. The molecule has 0 aromatic carbocycles. The van der Waals surface area contributed by atoms with Gasteiger partial charge in [0.2, 0.25) is 5.78 Å². The highest BCUT2D eigenvalue weighted by atomic mass is 31.3. The molecule has 3 aromatic heterocycles. The maximum Gasteiger partial charge on any atom is 0.481 e. The Kier molecular flexibility index (Phi) is 5.07. The standard InChI is InChI=1S/C12H15N5O10P2/c18-8-7(4-25-29(23,24)27-28(20,21)22)26-11(9(8)19)16-3-6-10(14-5-16)15-12-13-1-2-17(6)12/h1-3,5,7-9,11,18-19H,4H2,(H,23,24)(H2,20,21,22). The van der Waals surface area contributed by atoms with E-state index >= 15 is 0 Å². The second-order valence-electron chi connectivity index (χ2n) is 6.12. The summed E-state index contributed by atoms with van der Waals surface area (Å²) >= 11 is 0. The molecule has 3 aromatic rings. The van der Waals surface area contributed by atoms with Gasteiger partial charge >= 0.3 is 15.6 Å². The fourth-order valence-electron chi connectivity index (χ4n) is 2.91. The van der Waals surface area contributed by atoms with Gasteiger partial charge in [-0.25, -0.2) is 19.1 Å². The number of nitrogens with zero attached hydrogens (tertiary/aromatic N) is 5. The zero-order valence-corrected chi connectivity index (χ0v) is 16.0. The summed E-state index contributed by atoms with van der Waals surface area (Å²) in [6.45, 7) is -0.789. The lowest BCUT2D eigenvalue weighted by molar-refractivity contribution is -0.0524. The second kappa shape index (κ2) is 7.18. The van der Waals surface area contributed by atoms with Crippen molar-refractivity contribution in [2.24, 2.45) is 0 Å². The predicted octanol–water partition coefficient (Wildman–Crippen LogP) is -1.08. The molecular weight excluding hydrogens is 436 g/mol. The lowest BCUT2D eigenvalue weighted by Crippen LogP contribution is -2.33. The van der Waals surface area contributed by atoms with Crippen LogP contribution >= 0.6 is 15.6 Å². The highest BCUT2D eigenvalue weighted by Gasteiger charge is 2.45. The summed E-state index contributed by atoms with van der Waals surface area (Å²) in [5, 5.41) is 20.4. The summed E-state index contributed by atoms with van der Waals surface area (Å²) in [5.41, 5.74) is 0.952. The van der Waals surface area contributed by atoms with E-state index in [0.29, 0.717) is 16.9 Å². The van der Waals surface area contributed by atoms with Crippen molar-refractivity contribution in [3.8, 4) is 0 Å². The Hall–Kier alpha value is -1.77. The highest BCUT2D eigenvalue weighted by Crippen LogP contribution is 2.57. The van der Waals surface area contributed by atoms with E-state index in [0.717, 1.165) is 0 Å². The fourth-order valence-corrected chi connectivity index (χ4v) is 4.51. The zero-order valence-electron chi connectivity index (χ0n) is 14.2. The van der Waals surface area contributed by atoms with Gasteiger partial charge in [0.15, 0.2) is 11.9 Å². The van der Waals surface area contributed by atoms with Gasteiger partial charge in [0.1, 0.15) is 23.8 Å². The SMILES string of the molecule is O=P(O)(O)OP(=O)(O)OCC1OC(n2cnc3nc4nccn4c3c2)C(O)C1O. The first kappa shape index (κ1) is 20.5. The zero-order chi connectivity index (χ0) is 21.0. The summed E-state index contributed by atoms with van der Waals surface area (Å²) < 4.78 is 38.8. The molecule has 0 spiro atoms. The number of rotatable bonds is 6. The van der Waals surface area contributed by atoms with E-state index in [-0.39, 0.29) is 0 Å². The molecule has 17 heteroatoms. The van der Waals surface area contributed by atoms with E-state index in [1.54, 1.807) is 23.0 Å². The van der Waals surface area contributed by atoms with Crippen LogP contribution < -0.4 is 0 Å². The van der Waals surface area contributed by atoms with Crippen LogP contribution in [0.4, 0.5) is 0 Å². The predicted molar refractivity (Wildman–Crippen MR) is 91.1 cm³/mol. The van der Waals surface area contributed by atoms with Crippen molar-refractivity contribution in [2.45, 2.75) is 24.5 Å². The van der Waals surface area contributed by atoms with Crippen molar-refractivity contribution in [3.05, 3.63) is 24.9 Å². The van der Waals surface area contributed by atoms with Crippen molar-refractivity contribution >= 4 is 32.6 Å². The Morgan fingerprint density at radius 3 is 2.66 bits per heavy atom. The van der Waals surface area contributed by atoms with Gasteiger partial charge in [-0.15, -0.1) is 0 Å². The third-order valence-electron chi connectivity index (χ3n) is 4.14. The monoisotopic (exact) mass is 451 g/mol. The number of aliphatic hydroxyl groups excluding tert-OH is 2. The summed E-state index contributed by atoms with van der Waals surface area (Å²) in [4.78, 5) is 38.9. The van der Waals surface area contributed by atoms with Gasteiger partial charge in [0.05, 0.1) is 12.9 Å². The van der Waals surface area contributed by atoms with Gasteiger partial charge in [-0.3, -0.25) is 8.92 Å². The molecule has 0 saturated carbocycles. The maximum absolute atomic E-state index is 11.5. The molecule has 1 saturated heterocycles. The summed E-state index contributed by atoms with van der Waals surface area (Å²) in [7, 11) is -10.4. The minimum absolute atomic E-state index is 0.396. The van der Waals surface area contributed by atoms with Crippen LogP contribution in [0.3, 0.4) is 0 Å². The number of phosphoric ester groups is 1. The quantitative estimate of drug-likeness (QED) is 0.283. The number of aromatic nitrogens is 5. The second-order valence-corrected chi connectivity index (χ2v) is 8.95. The first-order valence-corrected chi connectivity index (χ1v) is 11.0. The lowest BCUT2D eigenvalue weighted by atomic mass is 10.1. The normalized spacial score (nSPS) is 27.6. The van der Waals surface area contributed by atoms with Crippen molar-refractivity contribution < 1.29 is 47.6 Å². The molecule has 1 fully saturated rings. The Labute approximate surface area is 161 Å². The van der Waals surface area contributed by atoms with Gasteiger partial charge in [0, 0.05) is 18.6 Å². The van der Waals surface area contributed by atoms with Gasteiger partial charge in [0.25, 0.3) is 0 Å². The number of phosphoric acid groups is 2. The molecule has 15 nitrogen and oxygen atoms in total. The third kappa shape index (κ3) is 4.11. The highest BCUT2D eigenvalue weighted by molar-refractivity contribution is 7.60. The van der Waals surface area contributed by atoms with Crippen LogP contribution in [0.1, 0.15) is 6.23 Å². The van der Waals surface area contributed by atoms with E-state index in [2.05, 4.69) is 23.8 Å². The van der Waals surface area contributed by atoms with Gasteiger partial charge in [-0.05, 0) is 0 Å². The minimum atomic E-state index is -5.28. The molecule has 0 radical (unpaired) electrons. The first-order valence-electron chi connectivity index (χ1n) is 7.96. The molecule has 5 N–H and O–H groups in total. The van der Waals surface area contributed by atoms with Crippen LogP contribution in [0, 0.1) is 0 Å². The smallest absolute Gasteiger partial charge is 0.387 e.